The number of para-hydroxylation sites is 1. The molecule has 1 heterocycles. The smallest absolute Gasteiger partial charge is 0.219 e. The largest absolute Gasteiger partial charge is 0.493 e. The summed E-state index contributed by atoms with van der Waals surface area (Å²) in [4.78, 5) is 15.7. The van der Waals surface area contributed by atoms with E-state index in [9.17, 15) is 4.79 Å². The molecular weight excluding hydrogens is 392 g/mol. The molecule has 1 amide bonds. The van der Waals surface area contributed by atoms with Crippen molar-refractivity contribution in [2.75, 3.05) is 46.5 Å². The lowest BCUT2D eigenvalue weighted by Gasteiger charge is -2.34. The van der Waals surface area contributed by atoms with Gasteiger partial charge in [-0.3, -0.25) is 9.69 Å². The molecule has 0 radical (unpaired) electrons. The van der Waals surface area contributed by atoms with E-state index in [-0.39, 0.29) is 5.91 Å². The molecule has 1 fully saturated rings. The van der Waals surface area contributed by atoms with Crippen molar-refractivity contribution in [3.8, 4) is 17.2 Å². The summed E-state index contributed by atoms with van der Waals surface area (Å²) >= 11 is 6.08. The summed E-state index contributed by atoms with van der Waals surface area (Å²) in [5, 5.41) is 0.582. The van der Waals surface area contributed by atoms with Crippen LogP contribution in [0.15, 0.2) is 42.5 Å². The number of methoxy groups -OCH3 is 1. The first-order chi connectivity index (χ1) is 14.1. The Morgan fingerprint density at radius 1 is 0.966 bits per heavy atom. The molecule has 156 valence electrons. The first kappa shape index (κ1) is 21.3. The molecule has 0 aromatic heterocycles. The van der Waals surface area contributed by atoms with E-state index >= 15 is 0 Å². The van der Waals surface area contributed by atoms with Crippen LogP contribution in [0.5, 0.6) is 17.2 Å². The summed E-state index contributed by atoms with van der Waals surface area (Å²) < 4.78 is 17.0. The highest BCUT2D eigenvalue weighted by Crippen LogP contribution is 2.29. The molecule has 2 aromatic rings. The van der Waals surface area contributed by atoms with Gasteiger partial charge in [0.15, 0.2) is 11.5 Å². The standard InChI is InChI=1S/C22H27ClN2O4/c1-17(26)25-11-9-24(10-12-25)16-18-7-8-21(22(15-18)27-2)29-14-13-28-20-6-4-3-5-19(20)23/h3-8,15H,9-14,16H2,1-2H3. The van der Waals surface area contributed by atoms with Crippen molar-refractivity contribution in [3.63, 3.8) is 0 Å². The normalized spacial score (nSPS) is 14.5. The van der Waals surface area contributed by atoms with Gasteiger partial charge < -0.3 is 19.1 Å². The molecule has 3 rings (SSSR count). The number of hydrogen-bond acceptors (Lipinski definition) is 5. The molecule has 0 N–H and O–H groups in total. The third kappa shape index (κ3) is 6.02. The number of nitrogens with zero attached hydrogens (tertiary/aromatic N) is 2. The number of halogens is 1. The van der Waals surface area contributed by atoms with Crippen LogP contribution in [0.25, 0.3) is 0 Å². The Kier molecular flexibility index (Phi) is 7.61. The van der Waals surface area contributed by atoms with E-state index in [4.69, 9.17) is 25.8 Å². The number of amides is 1. The van der Waals surface area contributed by atoms with E-state index in [2.05, 4.69) is 4.90 Å². The Morgan fingerprint density at radius 3 is 2.31 bits per heavy atom. The first-order valence-electron chi connectivity index (χ1n) is 9.71. The fraction of sp³-hybridized carbons (Fsp3) is 0.409. The maximum absolute atomic E-state index is 11.5. The monoisotopic (exact) mass is 418 g/mol. The topological polar surface area (TPSA) is 51.2 Å². The highest BCUT2D eigenvalue weighted by atomic mass is 35.5. The van der Waals surface area contributed by atoms with Crippen molar-refractivity contribution in [2.45, 2.75) is 13.5 Å². The summed E-state index contributed by atoms with van der Waals surface area (Å²) in [6, 6.07) is 13.3. The zero-order valence-electron chi connectivity index (χ0n) is 16.9. The van der Waals surface area contributed by atoms with Gasteiger partial charge in [0.05, 0.1) is 12.1 Å². The summed E-state index contributed by atoms with van der Waals surface area (Å²) in [5.41, 5.74) is 1.15. The molecule has 0 atom stereocenters. The number of piperazine rings is 1. The Balaban J connectivity index is 1.49. The minimum Gasteiger partial charge on any atom is -0.493 e. The molecule has 6 nitrogen and oxygen atoms in total. The maximum Gasteiger partial charge on any atom is 0.219 e. The van der Waals surface area contributed by atoms with Crippen LogP contribution in [0.4, 0.5) is 0 Å². The van der Waals surface area contributed by atoms with Gasteiger partial charge in [-0.2, -0.15) is 0 Å². The molecule has 0 unspecified atom stereocenters. The van der Waals surface area contributed by atoms with Crippen molar-refractivity contribution in [2.24, 2.45) is 0 Å². The predicted octanol–water partition coefficient (Wildman–Crippen LogP) is 3.47. The highest BCUT2D eigenvalue weighted by molar-refractivity contribution is 6.32. The van der Waals surface area contributed by atoms with Crippen LogP contribution >= 0.6 is 11.6 Å². The van der Waals surface area contributed by atoms with Crippen LogP contribution in [0, 0.1) is 0 Å². The van der Waals surface area contributed by atoms with Gasteiger partial charge >= 0.3 is 0 Å². The van der Waals surface area contributed by atoms with Gasteiger partial charge in [0.1, 0.15) is 19.0 Å². The van der Waals surface area contributed by atoms with Crippen LogP contribution in [-0.2, 0) is 11.3 Å². The average molecular weight is 419 g/mol. The number of hydrogen-bond donors (Lipinski definition) is 0. The first-order valence-corrected chi connectivity index (χ1v) is 10.1. The Bertz CT molecular complexity index is 822. The summed E-state index contributed by atoms with van der Waals surface area (Å²) in [7, 11) is 1.64. The lowest BCUT2D eigenvalue weighted by molar-refractivity contribution is -0.130. The van der Waals surface area contributed by atoms with E-state index in [1.807, 2.05) is 41.3 Å². The van der Waals surface area contributed by atoms with Gasteiger partial charge in [0.2, 0.25) is 5.91 Å². The zero-order chi connectivity index (χ0) is 20.6. The second kappa shape index (κ2) is 10.4. The molecule has 29 heavy (non-hydrogen) atoms. The molecule has 0 aliphatic carbocycles. The molecule has 2 aromatic carbocycles. The Morgan fingerprint density at radius 2 is 1.66 bits per heavy atom. The predicted molar refractivity (Wildman–Crippen MR) is 113 cm³/mol. The number of carbonyl (C=O) groups excluding carboxylic acids is 1. The third-order valence-corrected chi connectivity index (χ3v) is 5.20. The molecule has 1 aliphatic rings. The van der Waals surface area contributed by atoms with Gasteiger partial charge in [0, 0.05) is 39.6 Å². The summed E-state index contributed by atoms with van der Waals surface area (Å²) in [6.45, 7) is 6.51. The molecule has 0 spiro atoms. The van der Waals surface area contributed by atoms with Crippen LogP contribution in [0.1, 0.15) is 12.5 Å². The van der Waals surface area contributed by atoms with Gasteiger partial charge in [-0.05, 0) is 29.8 Å². The van der Waals surface area contributed by atoms with Gasteiger partial charge in [-0.15, -0.1) is 0 Å². The number of benzene rings is 2. The molecule has 1 saturated heterocycles. The maximum atomic E-state index is 11.5. The van der Waals surface area contributed by atoms with Crippen LogP contribution in [-0.4, -0.2) is 62.2 Å². The van der Waals surface area contributed by atoms with E-state index in [0.29, 0.717) is 35.5 Å². The van der Waals surface area contributed by atoms with E-state index in [0.717, 1.165) is 38.3 Å². The lowest BCUT2D eigenvalue weighted by Crippen LogP contribution is -2.47. The van der Waals surface area contributed by atoms with Crippen molar-refractivity contribution in [3.05, 3.63) is 53.1 Å². The number of carbonyl (C=O) groups is 1. The van der Waals surface area contributed by atoms with Gasteiger partial charge in [-0.25, -0.2) is 0 Å². The van der Waals surface area contributed by atoms with Crippen LogP contribution in [0.3, 0.4) is 0 Å². The Labute approximate surface area is 176 Å². The zero-order valence-corrected chi connectivity index (χ0v) is 17.7. The lowest BCUT2D eigenvalue weighted by atomic mass is 10.1. The second-order valence-corrected chi connectivity index (χ2v) is 7.30. The number of ether oxygens (including phenoxy) is 3. The fourth-order valence-corrected chi connectivity index (χ4v) is 3.46. The van der Waals surface area contributed by atoms with Crippen molar-refractivity contribution in [1.29, 1.82) is 0 Å². The fourth-order valence-electron chi connectivity index (χ4n) is 3.27. The molecule has 1 aliphatic heterocycles. The molecular formula is C22H27ClN2O4. The Hall–Kier alpha value is -2.44. The minimum absolute atomic E-state index is 0.145. The van der Waals surface area contributed by atoms with Crippen molar-refractivity contribution in [1.82, 2.24) is 9.80 Å². The van der Waals surface area contributed by atoms with E-state index in [1.54, 1.807) is 20.1 Å². The SMILES string of the molecule is COc1cc(CN2CCN(C(C)=O)CC2)ccc1OCCOc1ccccc1Cl. The van der Waals surface area contributed by atoms with E-state index < -0.39 is 0 Å². The summed E-state index contributed by atoms with van der Waals surface area (Å²) in [5.74, 6) is 2.17. The van der Waals surface area contributed by atoms with Crippen LogP contribution < -0.4 is 14.2 Å². The molecule has 0 bridgehead atoms. The van der Waals surface area contributed by atoms with Gasteiger partial charge in [-0.1, -0.05) is 29.8 Å². The average Bonchev–Trinajstić information content (AvgIpc) is 2.73. The van der Waals surface area contributed by atoms with Crippen molar-refractivity contribution < 1.29 is 19.0 Å². The minimum atomic E-state index is 0.145. The summed E-state index contributed by atoms with van der Waals surface area (Å²) in [6.07, 6.45) is 0. The molecule has 7 heteroatoms. The number of rotatable bonds is 8. The quantitative estimate of drug-likeness (QED) is 0.614. The van der Waals surface area contributed by atoms with Gasteiger partial charge in [0.25, 0.3) is 0 Å². The third-order valence-electron chi connectivity index (χ3n) is 4.89. The highest BCUT2D eigenvalue weighted by Gasteiger charge is 2.19. The molecule has 0 saturated carbocycles. The van der Waals surface area contributed by atoms with Crippen LogP contribution in [0.2, 0.25) is 5.02 Å². The second-order valence-electron chi connectivity index (χ2n) is 6.89. The van der Waals surface area contributed by atoms with E-state index in [1.165, 1.54) is 0 Å². The van der Waals surface area contributed by atoms with Crippen molar-refractivity contribution >= 4 is 17.5 Å².